The number of hydrogen-bond acceptors (Lipinski definition) is 4. The smallest absolute Gasteiger partial charge is 0.229 e. The predicted octanol–water partition coefficient (Wildman–Crippen LogP) is 3.60. The van der Waals surface area contributed by atoms with Crippen LogP contribution in [0.2, 0.25) is 5.28 Å². The van der Waals surface area contributed by atoms with Crippen molar-refractivity contribution < 1.29 is 4.74 Å². The molecule has 5 nitrogen and oxygen atoms in total. The highest BCUT2D eigenvalue weighted by Gasteiger charge is 2.12. The SMILES string of the molecule is CCCCC(CC)COc1nc(Cl)nc2[nH]ncc12. The number of nitrogens with zero attached hydrogens (tertiary/aromatic N) is 3. The zero-order valence-electron chi connectivity index (χ0n) is 11.3. The summed E-state index contributed by atoms with van der Waals surface area (Å²) >= 11 is 5.86. The molecule has 104 valence electrons. The van der Waals surface area contributed by atoms with E-state index in [9.17, 15) is 0 Å². The van der Waals surface area contributed by atoms with Crippen LogP contribution in [-0.4, -0.2) is 26.8 Å². The summed E-state index contributed by atoms with van der Waals surface area (Å²) in [6, 6.07) is 0. The Morgan fingerprint density at radius 2 is 2.21 bits per heavy atom. The summed E-state index contributed by atoms with van der Waals surface area (Å²) < 4.78 is 5.81. The standard InChI is InChI=1S/C13H19ClN4O/c1-3-5-6-9(4-2)8-19-12-10-7-15-18-11(10)16-13(14)17-12/h7,9H,3-6,8H2,1-2H3,(H,15,16,17,18). The molecule has 0 saturated heterocycles. The molecule has 0 radical (unpaired) electrons. The zero-order chi connectivity index (χ0) is 13.7. The van der Waals surface area contributed by atoms with Crippen LogP contribution in [0.3, 0.4) is 0 Å². The Morgan fingerprint density at radius 1 is 1.37 bits per heavy atom. The van der Waals surface area contributed by atoms with Gasteiger partial charge in [-0.25, -0.2) is 0 Å². The Morgan fingerprint density at radius 3 is 2.95 bits per heavy atom. The summed E-state index contributed by atoms with van der Waals surface area (Å²) in [6.45, 7) is 5.04. The van der Waals surface area contributed by atoms with Crippen molar-refractivity contribution in [1.82, 2.24) is 20.2 Å². The van der Waals surface area contributed by atoms with Gasteiger partial charge in [-0.3, -0.25) is 5.10 Å². The number of fused-ring (bicyclic) bond motifs is 1. The van der Waals surface area contributed by atoms with E-state index in [2.05, 4.69) is 34.0 Å². The van der Waals surface area contributed by atoms with Gasteiger partial charge in [0.25, 0.3) is 0 Å². The third-order valence-corrected chi connectivity index (χ3v) is 3.42. The normalized spacial score (nSPS) is 12.8. The van der Waals surface area contributed by atoms with E-state index < -0.39 is 0 Å². The maximum atomic E-state index is 5.86. The number of nitrogens with one attached hydrogen (secondary N) is 1. The first-order chi connectivity index (χ1) is 9.24. The van der Waals surface area contributed by atoms with Crippen molar-refractivity contribution in [2.45, 2.75) is 39.5 Å². The minimum absolute atomic E-state index is 0.174. The molecule has 0 bridgehead atoms. The van der Waals surface area contributed by atoms with Gasteiger partial charge in [-0.05, 0) is 23.9 Å². The van der Waals surface area contributed by atoms with Gasteiger partial charge in [0.15, 0.2) is 5.65 Å². The molecule has 2 aromatic heterocycles. The molecule has 0 saturated carbocycles. The number of H-pyrrole nitrogens is 1. The van der Waals surface area contributed by atoms with E-state index in [1.165, 1.54) is 19.3 Å². The van der Waals surface area contributed by atoms with Gasteiger partial charge in [0.1, 0.15) is 5.39 Å². The first-order valence-corrected chi connectivity index (χ1v) is 7.11. The summed E-state index contributed by atoms with van der Waals surface area (Å²) in [4.78, 5) is 8.18. The van der Waals surface area contributed by atoms with E-state index in [4.69, 9.17) is 16.3 Å². The van der Waals surface area contributed by atoms with Gasteiger partial charge in [-0.15, -0.1) is 0 Å². The van der Waals surface area contributed by atoms with Gasteiger partial charge in [0.2, 0.25) is 11.2 Å². The van der Waals surface area contributed by atoms with Gasteiger partial charge in [0.05, 0.1) is 12.8 Å². The fourth-order valence-corrected chi connectivity index (χ4v) is 2.15. The molecule has 2 aromatic rings. The Balaban J connectivity index is 2.06. The number of aromatic nitrogens is 4. The highest BCUT2D eigenvalue weighted by molar-refractivity contribution is 6.28. The fourth-order valence-electron chi connectivity index (χ4n) is 1.99. The molecule has 1 atom stereocenters. The third-order valence-electron chi connectivity index (χ3n) is 3.25. The Hall–Kier alpha value is -1.36. The van der Waals surface area contributed by atoms with E-state index in [0.29, 0.717) is 24.1 Å². The van der Waals surface area contributed by atoms with Crippen LogP contribution < -0.4 is 4.74 Å². The Bertz CT molecular complexity index is 528. The van der Waals surface area contributed by atoms with Crippen molar-refractivity contribution in [3.05, 3.63) is 11.5 Å². The van der Waals surface area contributed by atoms with E-state index in [0.717, 1.165) is 11.8 Å². The molecule has 0 spiro atoms. The molecule has 1 unspecified atom stereocenters. The van der Waals surface area contributed by atoms with E-state index in [1.54, 1.807) is 6.20 Å². The molecule has 0 aromatic carbocycles. The quantitative estimate of drug-likeness (QED) is 0.788. The van der Waals surface area contributed by atoms with Crippen LogP contribution in [0, 0.1) is 5.92 Å². The predicted molar refractivity (Wildman–Crippen MR) is 75.5 cm³/mol. The average Bonchev–Trinajstić information content (AvgIpc) is 2.86. The molecule has 1 N–H and O–H groups in total. The van der Waals surface area contributed by atoms with Gasteiger partial charge in [-0.1, -0.05) is 33.1 Å². The molecule has 0 aliphatic heterocycles. The largest absolute Gasteiger partial charge is 0.477 e. The van der Waals surface area contributed by atoms with Gasteiger partial charge >= 0.3 is 0 Å². The topological polar surface area (TPSA) is 63.7 Å². The minimum atomic E-state index is 0.174. The van der Waals surface area contributed by atoms with Crippen LogP contribution >= 0.6 is 11.6 Å². The van der Waals surface area contributed by atoms with Crippen LogP contribution in [0.15, 0.2) is 6.20 Å². The second-order valence-corrected chi connectivity index (χ2v) is 5.00. The van der Waals surface area contributed by atoms with Crippen LogP contribution in [-0.2, 0) is 0 Å². The van der Waals surface area contributed by atoms with Crippen LogP contribution in [0.5, 0.6) is 5.88 Å². The lowest BCUT2D eigenvalue weighted by Gasteiger charge is -2.15. The molecule has 0 aliphatic carbocycles. The molecule has 2 rings (SSSR count). The average molecular weight is 283 g/mol. The van der Waals surface area contributed by atoms with Crippen molar-refractivity contribution >= 4 is 22.6 Å². The van der Waals surface area contributed by atoms with Crippen LogP contribution in [0.4, 0.5) is 0 Å². The fraction of sp³-hybridized carbons (Fsp3) is 0.615. The van der Waals surface area contributed by atoms with E-state index in [1.807, 2.05) is 0 Å². The van der Waals surface area contributed by atoms with Gasteiger partial charge in [-0.2, -0.15) is 15.1 Å². The summed E-state index contributed by atoms with van der Waals surface area (Å²) in [5.41, 5.74) is 0.608. The lowest BCUT2D eigenvalue weighted by atomic mass is 10.0. The maximum Gasteiger partial charge on any atom is 0.229 e. The highest BCUT2D eigenvalue weighted by atomic mass is 35.5. The van der Waals surface area contributed by atoms with E-state index in [-0.39, 0.29) is 5.28 Å². The van der Waals surface area contributed by atoms with Gasteiger partial charge < -0.3 is 4.74 Å². The molecular formula is C13H19ClN4O. The number of aromatic amines is 1. The second kappa shape index (κ2) is 6.70. The lowest BCUT2D eigenvalue weighted by molar-refractivity contribution is 0.228. The first-order valence-electron chi connectivity index (χ1n) is 6.74. The molecule has 0 amide bonds. The summed E-state index contributed by atoms with van der Waals surface area (Å²) in [5, 5.41) is 7.65. The Labute approximate surface area is 117 Å². The van der Waals surface area contributed by atoms with Crippen molar-refractivity contribution in [3.63, 3.8) is 0 Å². The van der Waals surface area contributed by atoms with Crippen molar-refractivity contribution in [2.75, 3.05) is 6.61 Å². The highest BCUT2D eigenvalue weighted by Crippen LogP contribution is 2.23. The maximum absolute atomic E-state index is 5.86. The molecule has 19 heavy (non-hydrogen) atoms. The number of unbranched alkanes of at least 4 members (excludes halogenated alkanes) is 1. The number of ether oxygens (including phenoxy) is 1. The van der Waals surface area contributed by atoms with Crippen LogP contribution in [0.1, 0.15) is 39.5 Å². The van der Waals surface area contributed by atoms with E-state index >= 15 is 0 Å². The molecule has 0 fully saturated rings. The van der Waals surface area contributed by atoms with Crippen molar-refractivity contribution in [3.8, 4) is 5.88 Å². The summed E-state index contributed by atoms with van der Waals surface area (Å²) in [6.07, 6.45) is 6.39. The summed E-state index contributed by atoms with van der Waals surface area (Å²) in [5.74, 6) is 1.06. The number of halogens is 1. The minimum Gasteiger partial charge on any atom is -0.477 e. The number of hydrogen-bond donors (Lipinski definition) is 1. The Kier molecular flexibility index (Phi) is 4.96. The molecule has 6 heteroatoms. The van der Waals surface area contributed by atoms with Crippen molar-refractivity contribution in [1.29, 1.82) is 0 Å². The third kappa shape index (κ3) is 3.56. The first kappa shape index (κ1) is 14.1. The molecule has 0 aliphatic rings. The molecule has 2 heterocycles. The monoisotopic (exact) mass is 282 g/mol. The molecular weight excluding hydrogens is 264 g/mol. The van der Waals surface area contributed by atoms with Crippen molar-refractivity contribution in [2.24, 2.45) is 5.92 Å². The van der Waals surface area contributed by atoms with Gasteiger partial charge in [0, 0.05) is 0 Å². The zero-order valence-corrected chi connectivity index (χ0v) is 12.1. The summed E-state index contributed by atoms with van der Waals surface area (Å²) in [7, 11) is 0. The lowest BCUT2D eigenvalue weighted by Crippen LogP contribution is -2.12. The van der Waals surface area contributed by atoms with Crippen LogP contribution in [0.25, 0.3) is 11.0 Å². The second-order valence-electron chi connectivity index (χ2n) is 4.66. The number of rotatable bonds is 7.